The Labute approximate surface area is 118 Å². The van der Waals surface area contributed by atoms with Gasteiger partial charge in [0, 0.05) is 6.07 Å². The van der Waals surface area contributed by atoms with Crippen LogP contribution in [0.2, 0.25) is 0 Å². The Hall–Kier alpha value is -2.75. The number of ether oxygens (including phenoxy) is 1. The topological polar surface area (TPSA) is 158 Å². The van der Waals surface area contributed by atoms with Crippen LogP contribution < -0.4 is 11.1 Å². The molecule has 0 aliphatic carbocycles. The van der Waals surface area contributed by atoms with Crippen LogP contribution in [0.4, 0.5) is 11.5 Å². The average molecular weight is 296 g/mol. The van der Waals surface area contributed by atoms with E-state index in [1.807, 2.05) is 0 Å². The number of nitrogens with one attached hydrogen (secondary N) is 1. The number of carbonyl (C=O) groups excluding carboxylic acids is 1. The zero-order valence-corrected chi connectivity index (χ0v) is 10.7. The molecule has 2 heterocycles. The highest BCUT2D eigenvalue weighted by Crippen LogP contribution is 2.23. The van der Waals surface area contributed by atoms with E-state index in [1.54, 1.807) is 0 Å². The van der Waals surface area contributed by atoms with Gasteiger partial charge in [0.15, 0.2) is 0 Å². The maximum absolute atomic E-state index is 11.4. The van der Waals surface area contributed by atoms with E-state index in [2.05, 4.69) is 10.3 Å². The molecule has 0 bridgehead atoms. The summed E-state index contributed by atoms with van der Waals surface area (Å²) in [5, 5.41) is 22.5. The van der Waals surface area contributed by atoms with Gasteiger partial charge in [0.05, 0.1) is 29.7 Å². The van der Waals surface area contributed by atoms with Gasteiger partial charge in [-0.1, -0.05) is 0 Å². The molecular weight excluding hydrogens is 284 g/mol. The van der Waals surface area contributed by atoms with E-state index in [9.17, 15) is 19.7 Å². The van der Waals surface area contributed by atoms with Crippen molar-refractivity contribution in [3.63, 3.8) is 0 Å². The van der Waals surface area contributed by atoms with E-state index in [0.29, 0.717) is 0 Å². The average Bonchev–Trinajstić information content (AvgIpc) is 2.87. The second-order valence-corrected chi connectivity index (χ2v) is 4.44. The number of hydrogen-bond acceptors (Lipinski definition) is 7. The fourth-order valence-corrected chi connectivity index (χ4v) is 1.97. The van der Waals surface area contributed by atoms with Crippen molar-refractivity contribution in [2.75, 3.05) is 18.5 Å². The standard InChI is InChI=1S/C11H12N4O6/c12-9(16)6-1-5(15(19)20)2-13-10(6)14-8-4-21-3-7(8)11(17)18/h1-2,7-8H,3-4H2,(H2,12,16)(H,13,14)(H,17,18). The van der Waals surface area contributed by atoms with Crippen molar-refractivity contribution in [2.45, 2.75) is 6.04 Å². The third kappa shape index (κ3) is 3.05. The fraction of sp³-hybridized carbons (Fsp3) is 0.364. The first-order valence-corrected chi connectivity index (χ1v) is 5.91. The van der Waals surface area contributed by atoms with Crippen molar-refractivity contribution in [1.29, 1.82) is 0 Å². The Morgan fingerprint density at radius 2 is 2.24 bits per heavy atom. The number of carbonyl (C=O) groups is 2. The smallest absolute Gasteiger partial charge is 0.311 e. The first kappa shape index (κ1) is 14.7. The molecule has 0 radical (unpaired) electrons. The molecule has 2 rings (SSSR count). The molecule has 1 aliphatic rings. The minimum atomic E-state index is -1.05. The molecule has 0 spiro atoms. The van der Waals surface area contributed by atoms with Gasteiger partial charge in [0.1, 0.15) is 17.9 Å². The summed E-state index contributed by atoms with van der Waals surface area (Å²) in [5.41, 5.74) is 4.60. The van der Waals surface area contributed by atoms with Crippen LogP contribution in [0, 0.1) is 16.0 Å². The summed E-state index contributed by atoms with van der Waals surface area (Å²) < 4.78 is 5.07. The van der Waals surface area contributed by atoms with Gasteiger partial charge in [-0.2, -0.15) is 0 Å². The van der Waals surface area contributed by atoms with Gasteiger partial charge >= 0.3 is 5.97 Å². The maximum atomic E-state index is 11.4. The molecular formula is C11H12N4O6. The SMILES string of the molecule is NC(=O)c1cc([N+](=O)[O-])cnc1NC1COCC1C(=O)O. The van der Waals surface area contributed by atoms with E-state index >= 15 is 0 Å². The molecule has 10 nitrogen and oxygen atoms in total. The van der Waals surface area contributed by atoms with Crippen molar-refractivity contribution < 1.29 is 24.4 Å². The van der Waals surface area contributed by atoms with Gasteiger partial charge in [-0.15, -0.1) is 0 Å². The van der Waals surface area contributed by atoms with E-state index in [0.717, 1.165) is 12.3 Å². The number of rotatable bonds is 5. The Balaban J connectivity index is 2.29. The summed E-state index contributed by atoms with van der Waals surface area (Å²) in [5.74, 6) is -2.76. The molecule has 10 heteroatoms. The molecule has 0 aromatic carbocycles. The number of pyridine rings is 1. The number of nitrogens with two attached hydrogens (primary N) is 1. The summed E-state index contributed by atoms with van der Waals surface area (Å²) in [6.45, 7) is 0.153. The molecule has 1 amide bonds. The Morgan fingerprint density at radius 1 is 1.52 bits per heavy atom. The van der Waals surface area contributed by atoms with Crippen LogP contribution in [0.5, 0.6) is 0 Å². The lowest BCUT2D eigenvalue weighted by Gasteiger charge is -2.17. The number of amides is 1. The molecule has 1 aromatic heterocycles. The van der Waals surface area contributed by atoms with Crippen molar-refractivity contribution >= 4 is 23.4 Å². The molecule has 1 aromatic rings. The Kier molecular flexibility index (Phi) is 3.98. The number of hydrogen-bond donors (Lipinski definition) is 3. The normalized spacial score (nSPS) is 21.0. The largest absolute Gasteiger partial charge is 0.481 e. The van der Waals surface area contributed by atoms with E-state index in [-0.39, 0.29) is 30.3 Å². The highest BCUT2D eigenvalue weighted by molar-refractivity contribution is 5.98. The van der Waals surface area contributed by atoms with Crippen molar-refractivity contribution in [1.82, 2.24) is 4.98 Å². The lowest BCUT2D eigenvalue weighted by atomic mass is 10.0. The summed E-state index contributed by atoms with van der Waals surface area (Å²) in [4.78, 5) is 36.1. The van der Waals surface area contributed by atoms with Gasteiger partial charge in [-0.3, -0.25) is 19.7 Å². The first-order chi connectivity index (χ1) is 9.90. The van der Waals surface area contributed by atoms with Gasteiger partial charge in [-0.25, -0.2) is 4.98 Å². The van der Waals surface area contributed by atoms with Gasteiger partial charge < -0.3 is 20.9 Å². The lowest BCUT2D eigenvalue weighted by molar-refractivity contribution is -0.385. The van der Waals surface area contributed by atoms with Gasteiger partial charge in [-0.05, 0) is 0 Å². The zero-order chi connectivity index (χ0) is 15.6. The van der Waals surface area contributed by atoms with Crippen LogP contribution in [0.3, 0.4) is 0 Å². The quantitative estimate of drug-likeness (QED) is 0.489. The number of carboxylic acids is 1. The molecule has 2 atom stereocenters. The van der Waals surface area contributed by atoms with E-state index in [4.69, 9.17) is 15.6 Å². The fourth-order valence-electron chi connectivity index (χ4n) is 1.97. The minimum absolute atomic E-state index is 0.00477. The van der Waals surface area contributed by atoms with Gasteiger partial charge in [0.25, 0.3) is 11.6 Å². The van der Waals surface area contributed by atoms with Crippen LogP contribution >= 0.6 is 0 Å². The molecule has 112 valence electrons. The molecule has 1 fully saturated rings. The predicted octanol–water partition coefficient (Wildman–Crippen LogP) is -0.400. The van der Waals surface area contributed by atoms with Gasteiger partial charge in [0.2, 0.25) is 0 Å². The van der Waals surface area contributed by atoms with Crippen molar-refractivity contribution in [3.05, 3.63) is 27.9 Å². The molecule has 4 N–H and O–H groups in total. The summed E-state index contributed by atoms with van der Waals surface area (Å²) in [7, 11) is 0. The molecule has 0 saturated carbocycles. The number of nitrogens with zero attached hydrogens (tertiary/aromatic N) is 2. The minimum Gasteiger partial charge on any atom is -0.481 e. The van der Waals surface area contributed by atoms with Crippen LogP contribution in [0.25, 0.3) is 0 Å². The van der Waals surface area contributed by atoms with E-state index < -0.39 is 28.8 Å². The molecule has 1 saturated heterocycles. The second kappa shape index (κ2) is 5.71. The van der Waals surface area contributed by atoms with Crippen LogP contribution in [0.15, 0.2) is 12.3 Å². The number of primary amides is 1. The van der Waals surface area contributed by atoms with Crippen molar-refractivity contribution in [2.24, 2.45) is 11.7 Å². The molecule has 2 unspecified atom stereocenters. The first-order valence-electron chi connectivity index (χ1n) is 5.91. The number of carboxylic acid groups (broad SMARTS) is 1. The highest BCUT2D eigenvalue weighted by Gasteiger charge is 2.35. The van der Waals surface area contributed by atoms with E-state index in [1.165, 1.54) is 0 Å². The maximum Gasteiger partial charge on any atom is 0.311 e. The summed E-state index contributed by atoms with van der Waals surface area (Å²) in [6, 6.07) is 0.387. The third-order valence-electron chi connectivity index (χ3n) is 3.07. The highest BCUT2D eigenvalue weighted by atomic mass is 16.6. The number of aliphatic carboxylic acids is 1. The molecule has 21 heavy (non-hydrogen) atoms. The number of anilines is 1. The van der Waals surface area contributed by atoms with Crippen LogP contribution in [-0.4, -0.2) is 46.1 Å². The number of nitro groups is 1. The van der Waals surface area contributed by atoms with Crippen LogP contribution in [-0.2, 0) is 9.53 Å². The summed E-state index contributed by atoms with van der Waals surface area (Å²) >= 11 is 0. The lowest BCUT2D eigenvalue weighted by Crippen LogP contribution is -2.34. The predicted molar refractivity (Wildman–Crippen MR) is 68.8 cm³/mol. The molecule has 1 aliphatic heterocycles. The second-order valence-electron chi connectivity index (χ2n) is 4.44. The number of aromatic nitrogens is 1. The zero-order valence-electron chi connectivity index (χ0n) is 10.7. The Bertz CT molecular complexity index is 604. The summed E-state index contributed by atoms with van der Waals surface area (Å²) in [6.07, 6.45) is 0.959. The van der Waals surface area contributed by atoms with Crippen molar-refractivity contribution in [3.8, 4) is 0 Å². The Morgan fingerprint density at radius 3 is 2.81 bits per heavy atom. The monoisotopic (exact) mass is 296 g/mol. The van der Waals surface area contributed by atoms with Crippen LogP contribution in [0.1, 0.15) is 10.4 Å². The third-order valence-corrected chi connectivity index (χ3v) is 3.07.